The summed E-state index contributed by atoms with van der Waals surface area (Å²) in [5, 5.41) is 15.1. The minimum atomic E-state index is -2.90. The van der Waals surface area contributed by atoms with Crippen molar-refractivity contribution < 1.29 is 18.0 Å². The number of nitrogens with one attached hydrogen (secondary N) is 2. The molecule has 1 saturated carbocycles. The van der Waals surface area contributed by atoms with Crippen molar-refractivity contribution in [1.82, 2.24) is 4.90 Å². The van der Waals surface area contributed by atoms with Crippen LogP contribution in [-0.2, 0) is 21.2 Å². The fourth-order valence-corrected chi connectivity index (χ4v) is 5.92. The Morgan fingerprint density at radius 1 is 0.923 bits per heavy atom. The molecule has 2 aliphatic rings. The van der Waals surface area contributed by atoms with Gasteiger partial charge >= 0.3 is 0 Å². The van der Waals surface area contributed by atoms with Crippen molar-refractivity contribution in [3.8, 4) is 17.2 Å². The maximum absolute atomic E-state index is 12.8. The van der Waals surface area contributed by atoms with E-state index in [-0.39, 0.29) is 23.3 Å². The van der Waals surface area contributed by atoms with Gasteiger partial charge in [0.05, 0.1) is 17.6 Å². The van der Waals surface area contributed by atoms with Crippen molar-refractivity contribution >= 4 is 33.0 Å². The van der Waals surface area contributed by atoms with Crippen molar-refractivity contribution in [1.29, 1.82) is 5.26 Å². The average molecular weight is 543 g/mol. The van der Waals surface area contributed by atoms with E-state index in [1.54, 1.807) is 12.1 Å². The highest BCUT2D eigenvalue weighted by molar-refractivity contribution is 7.91. The molecule has 2 N–H and O–H groups in total. The molecule has 9 heteroatoms. The smallest absolute Gasteiger partial charge is 0.255 e. The largest absolute Gasteiger partial charge is 0.325 e. The van der Waals surface area contributed by atoms with Gasteiger partial charge < -0.3 is 10.6 Å². The lowest BCUT2D eigenvalue weighted by Crippen LogP contribution is -2.39. The highest BCUT2D eigenvalue weighted by Gasteiger charge is 2.50. The van der Waals surface area contributed by atoms with Gasteiger partial charge in [-0.3, -0.25) is 14.5 Å². The number of hydrogen-bond acceptors (Lipinski definition) is 6. The quantitative estimate of drug-likeness (QED) is 0.457. The number of nitriles is 1. The first-order valence-corrected chi connectivity index (χ1v) is 14.8. The normalized spacial score (nSPS) is 17.5. The summed E-state index contributed by atoms with van der Waals surface area (Å²) >= 11 is 0. The van der Waals surface area contributed by atoms with E-state index in [1.165, 1.54) is 0 Å². The fraction of sp³-hybridized carbons (Fsp3) is 0.300. The van der Waals surface area contributed by atoms with E-state index in [1.807, 2.05) is 61.5 Å². The highest BCUT2D eigenvalue weighted by atomic mass is 32.2. The van der Waals surface area contributed by atoms with E-state index in [0.29, 0.717) is 49.4 Å². The Hall–Kier alpha value is -4.00. The van der Waals surface area contributed by atoms with E-state index in [2.05, 4.69) is 21.6 Å². The minimum absolute atomic E-state index is 0.199. The SMILES string of the molecule is Cc1ccc(NC(=O)C2(C#N)CC2)cc1-c1ccc(C(=O)Nc2ccc(CN3CCS(=O)(=O)CC3)cc2)cc1. The van der Waals surface area contributed by atoms with Crippen LogP contribution in [-0.4, -0.2) is 49.7 Å². The molecule has 0 spiro atoms. The predicted molar refractivity (Wildman–Crippen MR) is 151 cm³/mol. The van der Waals surface area contributed by atoms with Crippen LogP contribution in [0.15, 0.2) is 66.7 Å². The molecule has 5 rings (SSSR count). The Balaban J connectivity index is 1.20. The number of aryl methyl sites for hydroxylation is 1. The molecule has 1 heterocycles. The number of carbonyl (C=O) groups is 2. The van der Waals surface area contributed by atoms with Crippen molar-refractivity contribution in [2.24, 2.45) is 5.41 Å². The Labute approximate surface area is 228 Å². The summed E-state index contributed by atoms with van der Waals surface area (Å²) in [7, 11) is -2.90. The van der Waals surface area contributed by atoms with Gasteiger partial charge in [-0.1, -0.05) is 30.3 Å². The van der Waals surface area contributed by atoms with Crippen molar-refractivity contribution in [3.05, 3.63) is 83.4 Å². The van der Waals surface area contributed by atoms with Crippen molar-refractivity contribution in [3.63, 3.8) is 0 Å². The van der Waals surface area contributed by atoms with Crippen molar-refractivity contribution in [2.45, 2.75) is 26.3 Å². The number of anilines is 2. The van der Waals surface area contributed by atoms with E-state index < -0.39 is 15.3 Å². The average Bonchev–Trinajstić information content (AvgIpc) is 3.74. The zero-order chi connectivity index (χ0) is 27.6. The maximum atomic E-state index is 12.8. The zero-order valence-corrected chi connectivity index (χ0v) is 22.6. The number of rotatable bonds is 7. The van der Waals surface area contributed by atoms with Gasteiger partial charge in [0.2, 0.25) is 5.91 Å². The molecule has 8 nitrogen and oxygen atoms in total. The van der Waals surface area contributed by atoms with Crippen LogP contribution in [0.2, 0.25) is 0 Å². The third kappa shape index (κ3) is 6.19. The Bertz CT molecular complexity index is 1540. The van der Waals surface area contributed by atoms with Gasteiger partial charge in [-0.05, 0) is 78.4 Å². The number of carbonyl (C=O) groups excluding carboxylic acids is 2. The summed E-state index contributed by atoms with van der Waals surface area (Å²) in [5.41, 5.74) is 4.88. The van der Waals surface area contributed by atoms with Gasteiger partial charge in [0.25, 0.3) is 5.91 Å². The molecule has 0 atom stereocenters. The summed E-state index contributed by atoms with van der Waals surface area (Å²) < 4.78 is 23.2. The summed E-state index contributed by atoms with van der Waals surface area (Å²) in [6.45, 7) is 3.74. The molecule has 1 aliphatic heterocycles. The lowest BCUT2D eigenvalue weighted by molar-refractivity contribution is -0.119. The number of sulfone groups is 1. The molecule has 200 valence electrons. The van der Waals surface area contributed by atoms with Gasteiger partial charge in [0.15, 0.2) is 9.84 Å². The first-order chi connectivity index (χ1) is 18.7. The molecular formula is C30H30N4O4S. The predicted octanol–water partition coefficient (Wildman–Crippen LogP) is 4.39. The monoisotopic (exact) mass is 542 g/mol. The van der Waals surface area contributed by atoms with Crippen molar-refractivity contribution in [2.75, 3.05) is 35.2 Å². The third-order valence-corrected chi connectivity index (χ3v) is 9.02. The minimum Gasteiger partial charge on any atom is -0.325 e. The molecular weight excluding hydrogens is 512 g/mol. The van der Waals surface area contributed by atoms with Crippen LogP contribution in [0.25, 0.3) is 11.1 Å². The molecule has 39 heavy (non-hydrogen) atoms. The van der Waals surface area contributed by atoms with E-state index in [4.69, 9.17) is 0 Å². The molecule has 0 unspecified atom stereocenters. The molecule has 3 aromatic carbocycles. The van der Waals surface area contributed by atoms with Crippen LogP contribution < -0.4 is 10.6 Å². The molecule has 0 aromatic heterocycles. The highest BCUT2D eigenvalue weighted by Crippen LogP contribution is 2.45. The standard InChI is InChI=1S/C30H30N4O4S/c1-21-2-9-26(33-29(36)30(20-31)12-13-30)18-27(21)23-5-7-24(8-6-23)28(35)32-25-10-3-22(4-11-25)19-34-14-16-39(37,38)17-15-34/h2-11,18H,12-17,19H2,1H3,(H,32,35)(H,33,36). The number of hydrogen-bond donors (Lipinski definition) is 2. The molecule has 0 bridgehead atoms. The second-order valence-corrected chi connectivity index (χ2v) is 12.6. The Morgan fingerprint density at radius 2 is 1.56 bits per heavy atom. The molecule has 2 fully saturated rings. The van der Waals surface area contributed by atoms with Crippen LogP contribution in [0.3, 0.4) is 0 Å². The van der Waals surface area contributed by atoms with E-state index >= 15 is 0 Å². The van der Waals surface area contributed by atoms with Gasteiger partial charge in [-0.2, -0.15) is 5.26 Å². The summed E-state index contributed by atoms with van der Waals surface area (Å²) in [5.74, 6) is -0.0871. The van der Waals surface area contributed by atoms with Gasteiger partial charge in [-0.25, -0.2) is 8.42 Å². The first kappa shape index (κ1) is 26.6. The number of benzene rings is 3. The van der Waals surface area contributed by atoms with Crippen LogP contribution in [0.4, 0.5) is 11.4 Å². The maximum Gasteiger partial charge on any atom is 0.255 e. The van der Waals surface area contributed by atoms with Gasteiger partial charge in [-0.15, -0.1) is 0 Å². The van der Waals surface area contributed by atoms with Gasteiger partial charge in [0, 0.05) is 36.6 Å². The summed E-state index contributed by atoms with van der Waals surface area (Å²) in [6.07, 6.45) is 1.18. The molecule has 2 amide bonds. The van der Waals surface area contributed by atoms with E-state index in [9.17, 15) is 23.3 Å². The molecule has 0 radical (unpaired) electrons. The van der Waals surface area contributed by atoms with Gasteiger partial charge in [0.1, 0.15) is 5.41 Å². The van der Waals surface area contributed by atoms with Crippen LogP contribution in [0.1, 0.15) is 34.3 Å². The molecule has 1 aliphatic carbocycles. The topological polar surface area (TPSA) is 119 Å². The van der Waals surface area contributed by atoms with Crippen LogP contribution >= 0.6 is 0 Å². The Kier molecular flexibility index (Phi) is 7.25. The van der Waals surface area contributed by atoms with Crippen LogP contribution in [0.5, 0.6) is 0 Å². The lowest BCUT2D eigenvalue weighted by atomic mass is 9.98. The summed E-state index contributed by atoms with van der Waals surface area (Å²) in [4.78, 5) is 27.4. The summed E-state index contributed by atoms with van der Waals surface area (Å²) in [6, 6.07) is 22.6. The fourth-order valence-electron chi connectivity index (χ4n) is 4.64. The first-order valence-electron chi connectivity index (χ1n) is 12.9. The Morgan fingerprint density at radius 3 is 2.18 bits per heavy atom. The number of nitrogens with zero attached hydrogens (tertiary/aromatic N) is 2. The van der Waals surface area contributed by atoms with Crippen LogP contribution in [0, 0.1) is 23.7 Å². The number of amides is 2. The molecule has 1 saturated heterocycles. The third-order valence-electron chi connectivity index (χ3n) is 7.41. The second kappa shape index (κ2) is 10.6. The second-order valence-electron chi connectivity index (χ2n) is 10.3. The molecule has 3 aromatic rings. The van der Waals surface area contributed by atoms with E-state index in [0.717, 1.165) is 22.3 Å². The lowest BCUT2D eigenvalue weighted by Gasteiger charge is -2.26. The zero-order valence-electron chi connectivity index (χ0n) is 21.7.